The number of nitrogens with zero attached hydrogens (tertiary/aromatic N) is 2. The van der Waals surface area contributed by atoms with E-state index in [9.17, 15) is 10.1 Å². The molecule has 3 aromatic carbocycles. The second-order valence-electron chi connectivity index (χ2n) is 9.17. The summed E-state index contributed by atoms with van der Waals surface area (Å²) in [6.07, 6.45) is 8.20. The van der Waals surface area contributed by atoms with Gasteiger partial charge in [-0.25, -0.2) is 0 Å². The lowest BCUT2D eigenvalue weighted by Crippen LogP contribution is -2.41. The minimum Gasteiger partial charge on any atom is -0.299 e. The van der Waals surface area contributed by atoms with Gasteiger partial charge in [0, 0.05) is 30.8 Å². The Labute approximate surface area is 201 Å². The van der Waals surface area contributed by atoms with Crippen LogP contribution in [0.15, 0.2) is 78.4 Å². The maximum Gasteiger partial charge on any atom is 0.272 e. The molecule has 5 rings (SSSR count). The molecule has 4 nitrogen and oxygen atoms in total. The van der Waals surface area contributed by atoms with E-state index in [4.69, 9.17) is 0 Å². The fourth-order valence-corrected chi connectivity index (χ4v) is 5.50. The van der Waals surface area contributed by atoms with Crippen LogP contribution in [-0.4, -0.2) is 29.0 Å². The number of fused-ring (bicyclic) bond motifs is 2. The molecule has 1 atom stereocenters. The van der Waals surface area contributed by atoms with Crippen LogP contribution < -0.4 is 0 Å². The van der Waals surface area contributed by atoms with E-state index in [1.165, 1.54) is 33.4 Å². The van der Waals surface area contributed by atoms with E-state index in [-0.39, 0.29) is 10.6 Å². The van der Waals surface area contributed by atoms with Crippen LogP contribution in [0.3, 0.4) is 0 Å². The molecule has 0 radical (unpaired) electrons. The number of piperidine rings is 1. The van der Waals surface area contributed by atoms with Crippen LogP contribution in [0.5, 0.6) is 0 Å². The predicted octanol–water partition coefficient (Wildman–Crippen LogP) is 7.00. The van der Waals surface area contributed by atoms with Crippen LogP contribution in [-0.2, 0) is 6.42 Å². The number of hydrogen-bond acceptors (Lipinski definition) is 3. The van der Waals surface area contributed by atoms with E-state index in [0.29, 0.717) is 6.04 Å². The van der Waals surface area contributed by atoms with Gasteiger partial charge in [0.2, 0.25) is 0 Å². The summed E-state index contributed by atoms with van der Waals surface area (Å²) in [4.78, 5) is 13.8. The first-order valence-electron chi connectivity index (χ1n) is 12.2. The highest BCUT2D eigenvalue weighted by molar-refractivity contribution is 5.94. The summed E-state index contributed by atoms with van der Waals surface area (Å²) in [6, 6.07) is 24.9. The lowest BCUT2D eigenvalue weighted by Gasteiger charge is -2.36. The van der Waals surface area contributed by atoms with Gasteiger partial charge in [-0.05, 0) is 53.5 Å². The van der Waals surface area contributed by atoms with Gasteiger partial charge in [-0.15, -0.1) is 0 Å². The van der Waals surface area contributed by atoms with Gasteiger partial charge in [0.15, 0.2) is 0 Å². The smallest absolute Gasteiger partial charge is 0.272 e. The van der Waals surface area contributed by atoms with Crippen LogP contribution in [0.2, 0.25) is 0 Å². The van der Waals surface area contributed by atoms with Crippen molar-refractivity contribution in [2.75, 3.05) is 13.1 Å². The first kappa shape index (κ1) is 22.3. The van der Waals surface area contributed by atoms with Crippen molar-refractivity contribution in [2.45, 2.75) is 38.6 Å². The van der Waals surface area contributed by atoms with Crippen LogP contribution in [0.25, 0.3) is 17.7 Å². The van der Waals surface area contributed by atoms with E-state index in [0.717, 1.165) is 44.3 Å². The summed E-state index contributed by atoms with van der Waals surface area (Å²) >= 11 is 0. The molecule has 0 aromatic heterocycles. The lowest BCUT2D eigenvalue weighted by molar-refractivity contribution is -0.385. The number of nitro groups is 1. The number of hydrogen-bond donors (Lipinski definition) is 0. The molecule has 0 saturated carbocycles. The number of benzene rings is 3. The van der Waals surface area contributed by atoms with Crippen molar-refractivity contribution < 1.29 is 4.92 Å². The first-order valence-corrected chi connectivity index (χ1v) is 12.2. The van der Waals surface area contributed by atoms with Gasteiger partial charge in [-0.3, -0.25) is 15.0 Å². The van der Waals surface area contributed by atoms with Gasteiger partial charge in [0.05, 0.1) is 4.92 Å². The zero-order valence-corrected chi connectivity index (χ0v) is 19.6. The summed E-state index contributed by atoms with van der Waals surface area (Å²) in [6.45, 7) is 4.16. The third-order valence-corrected chi connectivity index (χ3v) is 7.29. The molecule has 0 spiro atoms. The topological polar surface area (TPSA) is 46.4 Å². The second kappa shape index (κ2) is 9.78. The van der Waals surface area contributed by atoms with Crippen molar-refractivity contribution in [3.63, 3.8) is 0 Å². The van der Waals surface area contributed by atoms with E-state index >= 15 is 0 Å². The van der Waals surface area contributed by atoms with Crippen LogP contribution in [0.4, 0.5) is 5.69 Å². The van der Waals surface area contributed by atoms with Crippen LogP contribution >= 0.6 is 0 Å². The third-order valence-electron chi connectivity index (χ3n) is 7.29. The monoisotopic (exact) mass is 450 g/mol. The van der Waals surface area contributed by atoms with Crippen molar-refractivity contribution in [1.29, 1.82) is 0 Å². The SMILES string of the molecule is CCC(Cc1ccccc1[N+](=O)[O-])N1CCC(=C2c3ccccc3C=Cc3ccccc32)CC1. The van der Waals surface area contributed by atoms with Crippen molar-refractivity contribution in [2.24, 2.45) is 0 Å². The summed E-state index contributed by atoms with van der Waals surface area (Å²) in [5.41, 5.74) is 9.15. The van der Waals surface area contributed by atoms with Gasteiger partial charge >= 0.3 is 0 Å². The summed E-state index contributed by atoms with van der Waals surface area (Å²) in [7, 11) is 0. The summed E-state index contributed by atoms with van der Waals surface area (Å²) in [5.74, 6) is 0. The highest BCUT2D eigenvalue weighted by Crippen LogP contribution is 2.39. The third kappa shape index (κ3) is 4.34. The molecule has 3 aromatic rings. The molecule has 1 aliphatic heterocycles. The quantitative estimate of drug-likeness (QED) is 0.243. The van der Waals surface area contributed by atoms with E-state index in [1.54, 1.807) is 12.1 Å². The Balaban J connectivity index is 1.42. The van der Waals surface area contributed by atoms with E-state index in [2.05, 4.69) is 72.5 Å². The van der Waals surface area contributed by atoms with Crippen molar-refractivity contribution in [3.8, 4) is 0 Å². The normalized spacial score (nSPS) is 16.5. The number of nitro benzene ring substituents is 1. The molecule has 172 valence electrons. The lowest BCUT2D eigenvalue weighted by atomic mass is 9.85. The van der Waals surface area contributed by atoms with Gasteiger partial charge in [0.25, 0.3) is 5.69 Å². The Morgan fingerprint density at radius 3 is 2.00 bits per heavy atom. The summed E-state index contributed by atoms with van der Waals surface area (Å²) in [5, 5.41) is 11.5. The average Bonchev–Trinajstić information content (AvgIpc) is 3.04. The highest BCUT2D eigenvalue weighted by Gasteiger charge is 2.27. The maximum absolute atomic E-state index is 11.5. The average molecular weight is 451 g/mol. The fraction of sp³-hybridized carbons (Fsp3) is 0.267. The Morgan fingerprint density at radius 2 is 1.41 bits per heavy atom. The van der Waals surface area contributed by atoms with Crippen molar-refractivity contribution >= 4 is 23.4 Å². The Kier molecular flexibility index (Phi) is 6.41. The molecule has 1 fully saturated rings. The highest BCUT2D eigenvalue weighted by atomic mass is 16.6. The number of likely N-dealkylation sites (tertiary alicyclic amines) is 1. The maximum atomic E-state index is 11.5. The van der Waals surface area contributed by atoms with Gasteiger partial charge in [-0.1, -0.05) is 91.4 Å². The second-order valence-corrected chi connectivity index (χ2v) is 9.17. The predicted molar refractivity (Wildman–Crippen MR) is 140 cm³/mol. The van der Waals surface area contributed by atoms with Gasteiger partial charge in [-0.2, -0.15) is 0 Å². The van der Waals surface area contributed by atoms with Gasteiger partial charge < -0.3 is 0 Å². The fourth-order valence-electron chi connectivity index (χ4n) is 5.50. The molecule has 0 bridgehead atoms. The minimum atomic E-state index is -0.254. The van der Waals surface area contributed by atoms with E-state index < -0.39 is 0 Å². The molecule has 34 heavy (non-hydrogen) atoms. The molecule has 1 unspecified atom stereocenters. The molecule has 1 saturated heterocycles. The molecule has 2 aliphatic rings. The largest absolute Gasteiger partial charge is 0.299 e. The van der Waals surface area contributed by atoms with Crippen molar-refractivity contribution in [1.82, 2.24) is 4.90 Å². The van der Waals surface area contributed by atoms with Crippen LogP contribution in [0.1, 0.15) is 54.0 Å². The Bertz CT molecular complexity index is 1210. The molecule has 4 heteroatoms. The minimum absolute atomic E-state index is 0.236. The van der Waals surface area contributed by atoms with Crippen molar-refractivity contribution in [3.05, 3.63) is 116 Å². The zero-order valence-electron chi connectivity index (χ0n) is 19.6. The Morgan fingerprint density at radius 1 is 0.853 bits per heavy atom. The zero-order chi connectivity index (χ0) is 23.5. The molecule has 1 heterocycles. The Hall–Kier alpha value is -3.50. The summed E-state index contributed by atoms with van der Waals surface area (Å²) < 4.78 is 0. The molecule has 0 N–H and O–H groups in total. The number of rotatable bonds is 5. The molecular weight excluding hydrogens is 420 g/mol. The first-order chi connectivity index (χ1) is 16.7. The molecular formula is C30H30N2O2. The molecule has 0 amide bonds. The number of para-hydroxylation sites is 1. The molecule has 1 aliphatic carbocycles. The van der Waals surface area contributed by atoms with Gasteiger partial charge in [0.1, 0.15) is 0 Å². The van der Waals surface area contributed by atoms with Crippen LogP contribution in [0, 0.1) is 10.1 Å². The standard InChI is InChI=1S/C30H30N2O2/c1-2-26(21-25-11-5-8-14-29(25)32(33)34)31-19-17-24(18-20-31)30-27-12-6-3-9-22(27)15-16-23-10-4-7-13-28(23)30/h3-16,26H,2,17-21H2,1H3. The van der Waals surface area contributed by atoms with E-state index in [1.807, 2.05) is 12.1 Å².